The molecule has 5 heteroatoms. The summed E-state index contributed by atoms with van der Waals surface area (Å²) >= 11 is 1.26. The molecule has 0 atom stereocenters. The van der Waals surface area contributed by atoms with E-state index in [1.165, 1.54) is 23.8 Å². The van der Waals surface area contributed by atoms with Crippen LogP contribution in [0.5, 0.6) is 0 Å². The van der Waals surface area contributed by atoms with Crippen LogP contribution in [-0.2, 0) is 11.2 Å². The Balaban J connectivity index is 2.31. The predicted octanol–water partition coefficient (Wildman–Crippen LogP) is 3.42. The van der Waals surface area contributed by atoms with E-state index in [9.17, 15) is 9.59 Å². The lowest BCUT2D eigenvalue weighted by atomic mass is 10.1. The topological polar surface area (TPSA) is 56.3 Å². The van der Waals surface area contributed by atoms with Crippen LogP contribution in [0.3, 0.4) is 0 Å². The summed E-state index contributed by atoms with van der Waals surface area (Å²) in [7, 11) is 0. The largest absolute Gasteiger partial charge is 0.461 e. The van der Waals surface area contributed by atoms with Gasteiger partial charge in [0.25, 0.3) is 0 Å². The molecule has 0 bridgehead atoms. The summed E-state index contributed by atoms with van der Waals surface area (Å²) in [5.74, 6) is -0.694. The van der Waals surface area contributed by atoms with Gasteiger partial charge in [0.05, 0.1) is 11.6 Å². The zero-order valence-corrected chi connectivity index (χ0v) is 13.1. The molecule has 110 valence electrons. The summed E-state index contributed by atoms with van der Waals surface area (Å²) in [6, 6.07) is 8.08. The Hall–Kier alpha value is -2.01. The van der Waals surface area contributed by atoms with Gasteiger partial charge in [-0.05, 0) is 19.4 Å². The number of aryl methyl sites for hydroxylation is 1. The van der Waals surface area contributed by atoms with Gasteiger partial charge in [-0.15, -0.1) is 11.3 Å². The van der Waals surface area contributed by atoms with Gasteiger partial charge in [-0.2, -0.15) is 0 Å². The highest BCUT2D eigenvalue weighted by Gasteiger charge is 2.22. The average molecular weight is 303 g/mol. The van der Waals surface area contributed by atoms with Gasteiger partial charge in [-0.1, -0.05) is 29.8 Å². The van der Waals surface area contributed by atoms with Crippen LogP contribution in [0, 0.1) is 6.92 Å². The predicted molar refractivity (Wildman–Crippen MR) is 82.1 cm³/mol. The molecule has 21 heavy (non-hydrogen) atoms. The number of carbonyl (C=O) groups is 2. The van der Waals surface area contributed by atoms with Gasteiger partial charge in [0, 0.05) is 13.3 Å². The van der Waals surface area contributed by atoms with Crippen LogP contribution in [-0.4, -0.2) is 23.3 Å². The van der Waals surface area contributed by atoms with Crippen molar-refractivity contribution in [2.24, 2.45) is 0 Å². The molecule has 2 rings (SSSR count). The summed E-state index contributed by atoms with van der Waals surface area (Å²) in [5.41, 5.74) is 2.41. The molecule has 0 unspecified atom stereocenters. The number of aromatic nitrogens is 1. The third kappa shape index (κ3) is 3.76. The molecule has 0 amide bonds. The molecule has 0 fully saturated rings. The third-order valence-corrected chi connectivity index (χ3v) is 4.05. The van der Waals surface area contributed by atoms with Crippen LogP contribution < -0.4 is 0 Å². The standard InChI is InChI=1S/C16H17NO3S/c1-4-20-16(19)14-15(11(3)18)21-13(17-14)9-12-7-5-6-10(2)8-12/h5-8H,4,9H2,1-3H3. The van der Waals surface area contributed by atoms with Crippen molar-refractivity contribution in [2.45, 2.75) is 27.2 Å². The number of carbonyl (C=O) groups excluding carboxylic acids is 2. The molecule has 0 aliphatic carbocycles. The SMILES string of the molecule is CCOC(=O)c1nc(Cc2cccc(C)c2)sc1C(C)=O. The molecule has 0 radical (unpaired) electrons. The Labute approximate surface area is 127 Å². The molecule has 0 N–H and O–H groups in total. The first-order valence-corrected chi connectivity index (χ1v) is 7.56. The Bertz CT molecular complexity index is 676. The number of hydrogen-bond acceptors (Lipinski definition) is 5. The van der Waals surface area contributed by atoms with Crippen molar-refractivity contribution in [3.8, 4) is 0 Å². The molecule has 0 aliphatic rings. The molecular formula is C16H17NO3S. The normalized spacial score (nSPS) is 10.4. The minimum atomic E-state index is -0.533. The van der Waals surface area contributed by atoms with Gasteiger partial charge in [0.2, 0.25) is 0 Å². The Morgan fingerprint density at radius 1 is 1.33 bits per heavy atom. The highest BCUT2D eigenvalue weighted by molar-refractivity contribution is 7.14. The number of nitrogens with zero attached hydrogens (tertiary/aromatic N) is 1. The molecule has 1 aromatic carbocycles. The number of ether oxygens (including phenoxy) is 1. The van der Waals surface area contributed by atoms with E-state index in [-0.39, 0.29) is 18.1 Å². The molecule has 0 aliphatic heterocycles. The summed E-state index contributed by atoms with van der Waals surface area (Å²) < 4.78 is 4.95. The molecule has 0 saturated carbocycles. The first-order chi connectivity index (χ1) is 10.0. The molecule has 0 saturated heterocycles. The maximum atomic E-state index is 11.9. The van der Waals surface area contributed by atoms with E-state index in [2.05, 4.69) is 11.1 Å². The van der Waals surface area contributed by atoms with E-state index < -0.39 is 5.97 Å². The first-order valence-electron chi connectivity index (χ1n) is 6.74. The number of esters is 1. The highest BCUT2D eigenvalue weighted by atomic mass is 32.1. The van der Waals surface area contributed by atoms with Crippen LogP contribution in [0.4, 0.5) is 0 Å². The maximum absolute atomic E-state index is 11.9. The molecule has 1 aromatic heterocycles. The minimum Gasteiger partial charge on any atom is -0.461 e. The van der Waals surface area contributed by atoms with E-state index in [0.29, 0.717) is 11.3 Å². The molecule has 4 nitrogen and oxygen atoms in total. The fraction of sp³-hybridized carbons (Fsp3) is 0.312. The molecule has 1 heterocycles. The zero-order valence-electron chi connectivity index (χ0n) is 12.3. The highest BCUT2D eigenvalue weighted by Crippen LogP contribution is 2.23. The van der Waals surface area contributed by atoms with Crippen molar-refractivity contribution in [1.82, 2.24) is 4.98 Å². The van der Waals surface area contributed by atoms with Gasteiger partial charge in [-0.3, -0.25) is 4.79 Å². The van der Waals surface area contributed by atoms with Crippen LogP contribution in [0.15, 0.2) is 24.3 Å². The lowest BCUT2D eigenvalue weighted by Crippen LogP contribution is -2.09. The summed E-state index contributed by atoms with van der Waals surface area (Å²) in [4.78, 5) is 28.2. The lowest BCUT2D eigenvalue weighted by molar-refractivity contribution is 0.0517. The van der Waals surface area contributed by atoms with Crippen molar-refractivity contribution >= 4 is 23.1 Å². The van der Waals surface area contributed by atoms with Crippen molar-refractivity contribution in [3.05, 3.63) is 51.0 Å². The number of rotatable bonds is 5. The molecular weight excluding hydrogens is 286 g/mol. The van der Waals surface area contributed by atoms with E-state index >= 15 is 0 Å². The Kier molecular flexibility index (Phi) is 4.85. The summed E-state index contributed by atoms with van der Waals surface area (Å²) in [6.45, 7) is 5.45. The Morgan fingerprint density at radius 2 is 2.10 bits per heavy atom. The van der Waals surface area contributed by atoms with Crippen LogP contribution >= 0.6 is 11.3 Å². The number of hydrogen-bond donors (Lipinski definition) is 0. The van der Waals surface area contributed by atoms with E-state index in [1.807, 2.05) is 25.1 Å². The van der Waals surface area contributed by atoms with Gasteiger partial charge in [0.1, 0.15) is 4.88 Å². The molecule has 2 aromatic rings. The lowest BCUT2D eigenvalue weighted by Gasteiger charge is -1.99. The number of Topliss-reactive ketones (excluding diaryl/α,β-unsaturated/α-hetero) is 1. The summed E-state index contributed by atoms with van der Waals surface area (Å²) in [5, 5.41) is 0.744. The Morgan fingerprint density at radius 3 is 2.71 bits per heavy atom. The van der Waals surface area contributed by atoms with E-state index in [1.54, 1.807) is 6.92 Å². The van der Waals surface area contributed by atoms with Gasteiger partial charge < -0.3 is 4.74 Å². The van der Waals surface area contributed by atoms with E-state index in [0.717, 1.165) is 10.6 Å². The van der Waals surface area contributed by atoms with Crippen molar-refractivity contribution < 1.29 is 14.3 Å². The third-order valence-electron chi connectivity index (χ3n) is 2.90. The smallest absolute Gasteiger partial charge is 0.358 e. The minimum absolute atomic E-state index is 0.136. The fourth-order valence-electron chi connectivity index (χ4n) is 2.01. The van der Waals surface area contributed by atoms with Crippen molar-refractivity contribution in [3.63, 3.8) is 0 Å². The fourth-order valence-corrected chi connectivity index (χ4v) is 2.99. The average Bonchev–Trinajstić information content (AvgIpc) is 2.83. The monoisotopic (exact) mass is 303 g/mol. The molecule has 0 spiro atoms. The van der Waals surface area contributed by atoms with Crippen LogP contribution in [0.25, 0.3) is 0 Å². The van der Waals surface area contributed by atoms with Crippen LogP contribution in [0.1, 0.15) is 50.1 Å². The number of ketones is 1. The maximum Gasteiger partial charge on any atom is 0.358 e. The summed E-state index contributed by atoms with van der Waals surface area (Å²) in [6.07, 6.45) is 0.603. The van der Waals surface area contributed by atoms with Crippen molar-refractivity contribution in [2.75, 3.05) is 6.61 Å². The second kappa shape index (κ2) is 6.63. The quantitative estimate of drug-likeness (QED) is 0.627. The van der Waals surface area contributed by atoms with Gasteiger partial charge in [-0.25, -0.2) is 9.78 Å². The number of benzene rings is 1. The van der Waals surface area contributed by atoms with Gasteiger partial charge >= 0.3 is 5.97 Å². The first kappa shape index (κ1) is 15.4. The van der Waals surface area contributed by atoms with Crippen LogP contribution in [0.2, 0.25) is 0 Å². The second-order valence-corrected chi connectivity index (χ2v) is 5.81. The second-order valence-electron chi connectivity index (χ2n) is 4.73. The van der Waals surface area contributed by atoms with Crippen molar-refractivity contribution in [1.29, 1.82) is 0 Å². The number of thiazole rings is 1. The van der Waals surface area contributed by atoms with Gasteiger partial charge in [0.15, 0.2) is 11.5 Å². The zero-order chi connectivity index (χ0) is 15.4. The van der Waals surface area contributed by atoms with E-state index in [4.69, 9.17) is 4.74 Å².